The van der Waals surface area contributed by atoms with Crippen molar-refractivity contribution >= 4 is 29.9 Å². The quantitative estimate of drug-likeness (QED) is 0.235. The van der Waals surface area contributed by atoms with Crippen molar-refractivity contribution in [3.63, 3.8) is 0 Å². The van der Waals surface area contributed by atoms with Gasteiger partial charge in [0.15, 0.2) is 5.96 Å². The molecule has 0 aliphatic rings. The third-order valence-electron chi connectivity index (χ3n) is 3.89. The average Bonchev–Trinajstić information content (AvgIpc) is 3.14. The topological polar surface area (TPSA) is 63.5 Å². The normalized spacial score (nSPS) is 11.3. The van der Waals surface area contributed by atoms with Crippen LogP contribution in [0.15, 0.2) is 47.7 Å². The molecule has 0 aliphatic heterocycles. The van der Waals surface area contributed by atoms with Gasteiger partial charge in [-0.25, -0.2) is 0 Å². The molecule has 0 amide bonds. The largest absolute Gasteiger partial charge is 0.381 e. The van der Waals surface area contributed by atoms with Crippen molar-refractivity contribution in [1.29, 1.82) is 0 Å². The molecular formula is C20H32IN5O. The van der Waals surface area contributed by atoms with Gasteiger partial charge in [-0.15, -0.1) is 24.0 Å². The molecule has 0 spiro atoms. The number of benzene rings is 1. The molecule has 150 valence electrons. The molecule has 0 saturated carbocycles. The number of aromatic nitrogens is 2. The summed E-state index contributed by atoms with van der Waals surface area (Å²) >= 11 is 0. The second-order valence-electron chi connectivity index (χ2n) is 6.65. The van der Waals surface area contributed by atoms with E-state index in [0.717, 1.165) is 45.2 Å². The minimum atomic E-state index is 0. The van der Waals surface area contributed by atoms with Crippen molar-refractivity contribution in [3.05, 3.63) is 53.9 Å². The Labute approximate surface area is 179 Å². The Kier molecular flexibility index (Phi) is 11.8. The molecule has 1 aromatic carbocycles. The highest BCUT2D eigenvalue weighted by Gasteiger charge is 2.04. The van der Waals surface area contributed by atoms with Crippen LogP contribution < -0.4 is 10.6 Å². The SMILES string of the molecule is CN=C(NCCCOCC(C)C)NCc1ccccc1Cn1cccn1.I. The first-order valence-electron chi connectivity index (χ1n) is 9.25. The summed E-state index contributed by atoms with van der Waals surface area (Å²) in [5.41, 5.74) is 2.49. The average molecular weight is 485 g/mol. The van der Waals surface area contributed by atoms with Gasteiger partial charge in [0.05, 0.1) is 6.54 Å². The van der Waals surface area contributed by atoms with Crippen LogP contribution in [-0.2, 0) is 17.8 Å². The van der Waals surface area contributed by atoms with Crippen molar-refractivity contribution < 1.29 is 4.74 Å². The Balaban J connectivity index is 0.00000364. The molecule has 27 heavy (non-hydrogen) atoms. The molecule has 1 aromatic heterocycles. The molecule has 2 N–H and O–H groups in total. The maximum absolute atomic E-state index is 5.60. The van der Waals surface area contributed by atoms with Gasteiger partial charge in [-0.1, -0.05) is 38.1 Å². The number of rotatable bonds is 10. The van der Waals surface area contributed by atoms with Crippen molar-refractivity contribution in [2.75, 3.05) is 26.8 Å². The fourth-order valence-electron chi connectivity index (χ4n) is 2.55. The van der Waals surface area contributed by atoms with Gasteiger partial charge in [0.1, 0.15) is 0 Å². The lowest BCUT2D eigenvalue weighted by molar-refractivity contribution is 0.108. The smallest absolute Gasteiger partial charge is 0.191 e. The zero-order valence-electron chi connectivity index (χ0n) is 16.5. The van der Waals surface area contributed by atoms with E-state index in [9.17, 15) is 0 Å². The Morgan fingerprint density at radius 3 is 2.63 bits per heavy atom. The second-order valence-corrected chi connectivity index (χ2v) is 6.65. The minimum Gasteiger partial charge on any atom is -0.381 e. The summed E-state index contributed by atoms with van der Waals surface area (Å²) in [6.45, 7) is 8.25. The van der Waals surface area contributed by atoms with Crippen LogP contribution in [0.5, 0.6) is 0 Å². The van der Waals surface area contributed by atoms with Crippen LogP contribution in [0.25, 0.3) is 0 Å². The van der Waals surface area contributed by atoms with Crippen LogP contribution in [0.1, 0.15) is 31.4 Å². The first kappa shape index (κ1) is 23.4. The fourth-order valence-corrected chi connectivity index (χ4v) is 2.55. The van der Waals surface area contributed by atoms with Gasteiger partial charge in [0, 0.05) is 45.7 Å². The summed E-state index contributed by atoms with van der Waals surface area (Å²) in [4.78, 5) is 4.29. The molecule has 2 aromatic rings. The molecule has 0 radical (unpaired) electrons. The number of guanidine groups is 1. The van der Waals surface area contributed by atoms with Gasteiger partial charge in [-0.2, -0.15) is 5.10 Å². The highest BCUT2D eigenvalue weighted by atomic mass is 127. The van der Waals surface area contributed by atoms with Crippen molar-refractivity contribution in [3.8, 4) is 0 Å². The van der Waals surface area contributed by atoms with Crippen molar-refractivity contribution in [2.45, 2.75) is 33.4 Å². The summed E-state index contributed by atoms with van der Waals surface area (Å²) < 4.78 is 7.53. The van der Waals surface area contributed by atoms with Gasteiger partial charge in [-0.05, 0) is 29.5 Å². The zero-order valence-corrected chi connectivity index (χ0v) is 18.8. The number of ether oxygens (including phenoxy) is 1. The molecule has 0 unspecified atom stereocenters. The maximum atomic E-state index is 5.60. The van der Waals surface area contributed by atoms with E-state index in [2.05, 4.69) is 58.8 Å². The predicted molar refractivity (Wildman–Crippen MR) is 122 cm³/mol. The highest BCUT2D eigenvalue weighted by molar-refractivity contribution is 14.0. The monoisotopic (exact) mass is 485 g/mol. The van der Waals surface area contributed by atoms with E-state index in [-0.39, 0.29) is 24.0 Å². The molecule has 0 saturated heterocycles. The van der Waals surface area contributed by atoms with Crippen LogP contribution in [0.3, 0.4) is 0 Å². The number of nitrogens with zero attached hydrogens (tertiary/aromatic N) is 3. The number of halogens is 1. The Hall–Kier alpha value is -1.61. The molecular weight excluding hydrogens is 453 g/mol. The molecule has 6 nitrogen and oxygen atoms in total. The van der Waals surface area contributed by atoms with Crippen LogP contribution in [0, 0.1) is 5.92 Å². The second kappa shape index (κ2) is 13.5. The van der Waals surface area contributed by atoms with Gasteiger partial charge < -0.3 is 15.4 Å². The summed E-state index contributed by atoms with van der Waals surface area (Å²) in [5.74, 6) is 1.39. The fraction of sp³-hybridized carbons (Fsp3) is 0.500. The lowest BCUT2D eigenvalue weighted by atomic mass is 10.1. The molecule has 0 aliphatic carbocycles. The van der Waals surface area contributed by atoms with Crippen LogP contribution >= 0.6 is 24.0 Å². The number of hydrogen-bond donors (Lipinski definition) is 2. The summed E-state index contributed by atoms with van der Waals surface area (Å²) in [7, 11) is 1.79. The maximum Gasteiger partial charge on any atom is 0.191 e. The van der Waals surface area contributed by atoms with E-state index in [4.69, 9.17) is 4.74 Å². The predicted octanol–water partition coefficient (Wildman–Crippen LogP) is 3.28. The van der Waals surface area contributed by atoms with E-state index in [1.54, 1.807) is 13.2 Å². The van der Waals surface area contributed by atoms with Gasteiger partial charge >= 0.3 is 0 Å². The lowest BCUT2D eigenvalue weighted by Gasteiger charge is -2.14. The van der Waals surface area contributed by atoms with Gasteiger partial charge in [0.2, 0.25) is 0 Å². The van der Waals surface area contributed by atoms with Crippen LogP contribution in [0.2, 0.25) is 0 Å². The Morgan fingerprint density at radius 1 is 1.19 bits per heavy atom. The lowest BCUT2D eigenvalue weighted by Crippen LogP contribution is -2.37. The Morgan fingerprint density at radius 2 is 1.96 bits per heavy atom. The molecule has 2 rings (SSSR count). The number of aliphatic imine (C=N–C) groups is 1. The van der Waals surface area contributed by atoms with Crippen LogP contribution in [-0.4, -0.2) is 42.5 Å². The van der Waals surface area contributed by atoms with E-state index in [1.807, 2.05) is 16.9 Å². The molecule has 0 bridgehead atoms. The molecule has 7 heteroatoms. The first-order valence-corrected chi connectivity index (χ1v) is 9.25. The van der Waals surface area contributed by atoms with Crippen molar-refractivity contribution in [1.82, 2.24) is 20.4 Å². The third-order valence-corrected chi connectivity index (χ3v) is 3.89. The van der Waals surface area contributed by atoms with Crippen molar-refractivity contribution in [2.24, 2.45) is 10.9 Å². The molecule has 1 heterocycles. The molecule has 0 atom stereocenters. The summed E-state index contributed by atoms with van der Waals surface area (Å²) in [6.07, 6.45) is 4.74. The van der Waals surface area contributed by atoms with E-state index in [1.165, 1.54) is 11.1 Å². The zero-order chi connectivity index (χ0) is 18.6. The highest BCUT2D eigenvalue weighted by Crippen LogP contribution is 2.10. The number of hydrogen-bond acceptors (Lipinski definition) is 3. The summed E-state index contributed by atoms with van der Waals surface area (Å²) in [5, 5.41) is 11.0. The van der Waals surface area contributed by atoms with Crippen LogP contribution in [0.4, 0.5) is 0 Å². The third kappa shape index (κ3) is 9.23. The van der Waals surface area contributed by atoms with E-state index >= 15 is 0 Å². The first-order chi connectivity index (χ1) is 12.7. The van der Waals surface area contributed by atoms with Gasteiger partial charge in [-0.3, -0.25) is 9.67 Å². The molecule has 0 fully saturated rings. The van der Waals surface area contributed by atoms with Gasteiger partial charge in [0.25, 0.3) is 0 Å². The minimum absolute atomic E-state index is 0. The Bertz CT molecular complexity index is 658. The number of nitrogens with one attached hydrogen (secondary N) is 2. The van der Waals surface area contributed by atoms with E-state index < -0.39 is 0 Å². The standard InChI is InChI=1S/C20H31N5O.HI/c1-17(2)16-26-13-7-10-22-20(21-3)23-14-18-8-4-5-9-19(18)15-25-12-6-11-24-25;/h4-6,8-9,11-12,17H,7,10,13-16H2,1-3H3,(H2,21,22,23);1H. The van der Waals surface area contributed by atoms with E-state index in [0.29, 0.717) is 5.92 Å². The summed E-state index contributed by atoms with van der Waals surface area (Å²) in [6, 6.07) is 10.3.